The second kappa shape index (κ2) is 1.41. The predicted octanol–water partition coefficient (Wildman–Crippen LogP) is 2.77. The van der Waals surface area contributed by atoms with E-state index in [2.05, 4.69) is 27.2 Å². The standard InChI is InChI=1S/C11H16/c1-10(2)7-4-8-6-11(8,3)9(10)5-7/h7-9H,4-5H2,1-3H3. The second-order valence-electron chi connectivity index (χ2n) is 5.52. The summed E-state index contributed by atoms with van der Waals surface area (Å²) in [5.41, 5.74) is 1.20. The van der Waals surface area contributed by atoms with Gasteiger partial charge >= 0.3 is 0 Å². The Morgan fingerprint density at radius 3 is 2.36 bits per heavy atom. The van der Waals surface area contributed by atoms with Crippen molar-refractivity contribution in [3.63, 3.8) is 0 Å². The Balaban J connectivity index is 1.98. The molecule has 2 radical (unpaired) electrons. The van der Waals surface area contributed by atoms with Crippen LogP contribution in [0.15, 0.2) is 0 Å². The Labute approximate surface area is 69.4 Å². The first-order valence-electron chi connectivity index (χ1n) is 4.83. The van der Waals surface area contributed by atoms with Crippen molar-refractivity contribution in [1.29, 1.82) is 0 Å². The normalized spacial score (nSPS) is 63.0. The molecule has 0 N–H and O–H groups in total. The maximum Gasteiger partial charge on any atom is -0.00629 e. The van der Waals surface area contributed by atoms with E-state index in [9.17, 15) is 0 Å². The fourth-order valence-corrected chi connectivity index (χ4v) is 3.70. The van der Waals surface area contributed by atoms with Crippen LogP contribution in [0.3, 0.4) is 0 Å². The summed E-state index contributed by atoms with van der Waals surface area (Å²) in [7, 11) is 0. The third-order valence-electron chi connectivity index (χ3n) is 4.84. The molecular formula is C11H16. The molecule has 0 heteroatoms. The van der Waals surface area contributed by atoms with Gasteiger partial charge in [0, 0.05) is 0 Å². The molecule has 0 aromatic rings. The number of hydrogen-bond donors (Lipinski definition) is 0. The van der Waals surface area contributed by atoms with Gasteiger partial charge in [0.1, 0.15) is 0 Å². The molecule has 4 aliphatic rings. The molecule has 0 heterocycles. The highest BCUT2D eigenvalue weighted by Crippen LogP contribution is 2.77. The van der Waals surface area contributed by atoms with Crippen LogP contribution in [0.5, 0.6) is 0 Å². The van der Waals surface area contributed by atoms with E-state index in [1.807, 2.05) is 0 Å². The third-order valence-corrected chi connectivity index (χ3v) is 4.84. The fraction of sp³-hybridized carbons (Fsp3) is 0.909. The van der Waals surface area contributed by atoms with E-state index >= 15 is 0 Å². The minimum atomic E-state index is 0.554. The molecule has 0 aromatic carbocycles. The Kier molecular flexibility index (Phi) is 0.832. The van der Waals surface area contributed by atoms with E-state index in [0.29, 0.717) is 10.8 Å². The summed E-state index contributed by atoms with van der Waals surface area (Å²) in [4.78, 5) is 0. The van der Waals surface area contributed by atoms with Crippen LogP contribution < -0.4 is 0 Å². The molecule has 0 spiro atoms. The quantitative estimate of drug-likeness (QED) is 0.495. The van der Waals surface area contributed by atoms with Crippen molar-refractivity contribution < 1.29 is 0 Å². The summed E-state index contributed by atoms with van der Waals surface area (Å²) in [6.45, 7) is 7.32. The monoisotopic (exact) mass is 148 g/mol. The first kappa shape index (κ1) is 6.51. The van der Waals surface area contributed by atoms with Gasteiger partial charge in [-0.15, -0.1) is 0 Å². The van der Waals surface area contributed by atoms with Gasteiger partial charge in [-0.1, -0.05) is 20.8 Å². The third kappa shape index (κ3) is 0.522. The minimum Gasteiger partial charge on any atom is -0.0594 e. The minimum absolute atomic E-state index is 0.554. The van der Waals surface area contributed by atoms with Gasteiger partial charge in [0.05, 0.1) is 0 Å². The van der Waals surface area contributed by atoms with Crippen LogP contribution in [0, 0.1) is 35.0 Å². The maximum atomic E-state index is 3.65. The Hall–Kier alpha value is 0. The summed E-state index contributed by atoms with van der Waals surface area (Å²) in [6.07, 6.45) is 6.59. The molecule has 0 nitrogen and oxygen atoms in total. The average Bonchev–Trinajstić information content (AvgIpc) is 2.58. The van der Waals surface area contributed by atoms with Crippen LogP contribution in [0.25, 0.3) is 0 Å². The zero-order valence-electron chi connectivity index (χ0n) is 7.65. The topological polar surface area (TPSA) is 0 Å². The highest BCUT2D eigenvalue weighted by atomic mass is 14.7. The number of rotatable bonds is 0. The van der Waals surface area contributed by atoms with Crippen molar-refractivity contribution in [3.8, 4) is 0 Å². The molecule has 4 atom stereocenters. The van der Waals surface area contributed by atoms with Crippen LogP contribution in [-0.4, -0.2) is 0 Å². The summed E-state index contributed by atoms with van der Waals surface area (Å²) < 4.78 is 0. The van der Waals surface area contributed by atoms with E-state index in [-0.39, 0.29) is 0 Å². The van der Waals surface area contributed by atoms with E-state index in [4.69, 9.17) is 0 Å². The zero-order chi connectivity index (χ0) is 7.85. The lowest BCUT2D eigenvalue weighted by Crippen LogP contribution is -2.52. The number of hydrogen-bond acceptors (Lipinski definition) is 0. The van der Waals surface area contributed by atoms with Gasteiger partial charge < -0.3 is 0 Å². The van der Waals surface area contributed by atoms with Crippen molar-refractivity contribution in [1.82, 2.24) is 0 Å². The predicted molar refractivity (Wildman–Crippen MR) is 44.8 cm³/mol. The Morgan fingerprint density at radius 2 is 1.91 bits per heavy atom. The van der Waals surface area contributed by atoms with Gasteiger partial charge in [-0.3, -0.25) is 0 Å². The summed E-state index contributed by atoms with van der Waals surface area (Å²) >= 11 is 0. The van der Waals surface area contributed by atoms with Crippen molar-refractivity contribution in [2.75, 3.05) is 0 Å². The van der Waals surface area contributed by atoms with E-state index < -0.39 is 0 Å². The van der Waals surface area contributed by atoms with Crippen molar-refractivity contribution in [2.24, 2.45) is 28.6 Å². The molecule has 4 aliphatic carbocycles. The largest absolute Gasteiger partial charge is 0.0594 e. The lowest BCUT2D eigenvalue weighted by atomic mass is 9.45. The lowest BCUT2D eigenvalue weighted by Gasteiger charge is -2.59. The SMILES string of the molecule is CC1(C)C2CC3[C]C3(C)C1C2. The summed E-state index contributed by atoms with van der Waals surface area (Å²) in [5, 5.41) is 0. The first-order chi connectivity index (χ1) is 5.05. The highest BCUT2D eigenvalue weighted by Gasteiger charge is 2.70. The van der Waals surface area contributed by atoms with E-state index in [1.54, 1.807) is 0 Å². The first-order valence-corrected chi connectivity index (χ1v) is 4.83. The highest BCUT2D eigenvalue weighted by molar-refractivity contribution is 5.28. The van der Waals surface area contributed by atoms with Crippen molar-refractivity contribution in [3.05, 3.63) is 6.42 Å². The maximum absolute atomic E-state index is 3.65. The molecular weight excluding hydrogens is 132 g/mol. The van der Waals surface area contributed by atoms with E-state index in [1.165, 1.54) is 12.8 Å². The van der Waals surface area contributed by atoms with Gasteiger partial charge in [-0.2, -0.15) is 0 Å². The fourth-order valence-electron chi connectivity index (χ4n) is 3.70. The molecule has 0 aromatic heterocycles. The average molecular weight is 148 g/mol. The van der Waals surface area contributed by atoms with Crippen LogP contribution in [0.4, 0.5) is 0 Å². The van der Waals surface area contributed by atoms with Crippen LogP contribution >= 0.6 is 0 Å². The van der Waals surface area contributed by atoms with Crippen molar-refractivity contribution in [2.45, 2.75) is 33.6 Å². The smallest absolute Gasteiger partial charge is 0.00629 e. The molecule has 2 bridgehead atoms. The van der Waals surface area contributed by atoms with Gasteiger partial charge in [0.2, 0.25) is 0 Å². The molecule has 4 saturated carbocycles. The molecule has 4 unspecified atom stereocenters. The molecule has 4 fully saturated rings. The molecule has 0 saturated heterocycles. The molecule has 0 amide bonds. The molecule has 60 valence electrons. The van der Waals surface area contributed by atoms with Crippen LogP contribution in [0.2, 0.25) is 0 Å². The zero-order valence-corrected chi connectivity index (χ0v) is 7.65. The second-order valence-corrected chi connectivity index (χ2v) is 5.52. The van der Waals surface area contributed by atoms with Crippen LogP contribution in [-0.2, 0) is 0 Å². The van der Waals surface area contributed by atoms with Crippen molar-refractivity contribution >= 4 is 0 Å². The van der Waals surface area contributed by atoms with Gasteiger partial charge in [-0.25, -0.2) is 0 Å². The molecule has 0 aliphatic heterocycles. The van der Waals surface area contributed by atoms with Gasteiger partial charge in [-0.05, 0) is 47.8 Å². The summed E-state index contributed by atoms with van der Waals surface area (Å²) in [6, 6.07) is 0. The molecule has 4 rings (SSSR count). The lowest BCUT2D eigenvalue weighted by molar-refractivity contribution is -0.105. The Morgan fingerprint density at radius 1 is 1.18 bits per heavy atom. The van der Waals surface area contributed by atoms with Crippen LogP contribution in [0.1, 0.15) is 33.6 Å². The summed E-state index contributed by atoms with van der Waals surface area (Å²) in [5.74, 6) is 2.89. The molecule has 11 heavy (non-hydrogen) atoms. The van der Waals surface area contributed by atoms with E-state index in [0.717, 1.165) is 17.8 Å². The Bertz CT molecular complexity index is 211. The van der Waals surface area contributed by atoms with Gasteiger partial charge in [0.25, 0.3) is 0 Å². The van der Waals surface area contributed by atoms with Gasteiger partial charge in [0.15, 0.2) is 0 Å².